The first-order valence-electron chi connectivity index (χ1n) is 5.77. The van der Waals surface area contributed by atoms with Crippen molar-refractivity contribution in [1.29, 1.82) is 0 Å². The quantitative estimate of drug-likeness (QED) is 0.632. The average Bonchev–Trinajstić information content (AvgIpc) is 2.58. The van der Waals surface area contributed by atoms with Gasteiger partial charge in [-0.25, -0.2) is 0 Å². The molecule has 0 saturated carbocycles. The number of ether oxygens (including phenoxy) is 4. The lowest BCUT2D eigenvalue weighted by molar-refractivity contribution is -0.163. The molecule has 0 N–H and O–H groups in total. The third kappa shape index (κ3) is 2.97. The summed E-state index contributed by atoms with van der Waals surface area (Å²) in [5.41, 5.74) is -0.349. The summed E-state index contributed by atoms with van der Waals surface area (Å²) in [6.07, 6.45) is 0.00809. The normalized spacial score (nSPS) is 32.9. The Balaban J connectivity index is 2.64. The standard InChI is InChI=1S/C11H23BO4/c1-7(13-4)11(2,3)16-9-8(14-5)6-15-10(9)12/h7-10H,6,12H2,1-5H3/t7?,8?,9-,10+/m0/s1. The molecule has 1 saturated heterocycles. The highest BCUT2D eigenvalue weighted by molar-refractivity contribution is 6.11. The van der Waals surface area contributed by atoms with E-state index in [1.54, 1.807) is 14.2 Å². The summed E-state index contributed by atoms with van der Waals surface area (Å²) in [6, 6.07) is 0.0632. The van der Waals surface area contributed by atoms with E-state index < -0.39 is 0 Å². The van der Waals surface area contributed by atoms with E-state index in [9.17, 15) is 0 Å². The molecule has 0 amide bonds. The van der Waals surface area contributed by atoms with Crippen LogP contribution in [-0.4, -0.2) is 58.6 Å². The Hall–Kier alpha value is -0.0951. The smallest absolute Gasteiger partial charge is 0.142 e. The lowest BCUT2D eigenvalue weighted by Gasteiger charge is -2.36. The summed E-state index contributed by atoms with van der Waals surface area (Å²) >= 11 is 0. The van der Waals surface area contributed by atoms with E-state index >= 15 is 0 Å². The topological polar surface area (TPSA) is 36.9 Å². The first kappa shape index (κ1) is 14.0. The molecule has 0 bridgehead atoms. The second-order valence-corrected chi connectivity index (χ2v) is 4.88. The van der Waals surface area contributed by atoms with E-state index in [0.29, 0.717) is 6.61 Å². The Bertz CT molecular complexity index is 222. The summed E-state index contributed by atoms with van der Waals surface area (Å²) in [5, 5.41) is 0. The van der Waals surface area contributed by atoms with Crippen LogP contribution >= 0.6 is 0 Å². The zero-order valence-electron chi connectivity index (χ0n) is 11.1. The van der Waals surface area contributed by atoms with E-state index in [2.05, 4.69) is 0 Å². The maximum absolute atomic E-state index is 6.09. The van der Waals surface area contributed by atoms with Crippen molar-refractivity contribution in [3.05, 3.63) is 0 Å². The minimum atomic E-state index is -0.349. The first-order chi connectivity index (χ1) is 7.42. The Morgan fingerprint density at radius 1 is 1.38 bits per heavy atom. The fourth-order valence-corrected chi connectivity index (χ4v) is 1.84. The molecule has 1 aliphatic rings. The molecule has 16 heavy (non-hydrogen) atoms. The minimum Gasteiger partial charge on any atom is -0.382 e. The highest BCUT2D eigenvalue weighted by Gasteiger charge is 2.40. The third-order valence-corrected chi connectivity index (χ3v) is 3.43. The molecule has 5 heteroatoms. The van der Waals surface area contributed by atoms with Gasteiger partial charge in [0.25, 0.3) is 0 Å². The Labute approximate surface area is 99.0 Å². The van der Waals surface area contributed by atoms with Gasteiger partial charge in [0.2, 0.25) is 0 Å². The van der Waals surface area contributed by atoms with Crippen molar-refractivity contribution in [2.24, 2.45) is 0 Å². The van der Waals surface area contributed by atoms with Crippen molar-refractivity contribution in [1.82, 2.24) is 0 Å². The van der Waals surface area contributed by atoms with Crippen molar-refractivity contribution in [3.63, 3.8) is 0 Å². The molecule has 2 unspecified atom stereocenters. The van der Waals surface area contributed by atoms with Crippen LogP contribution in [0.3, 0.4) is 0 Å². The summed E-state index contributed by atoms with van der Waals surface area (Å²) in [7, 11) is 5.39. The summed E-state index contributed by atoms with van der Waals surface area (Å²) < 4.78 is 22.3. The number of hydrogen-bond donors (Lipinski definition) is 0. The van der Waals surface area contributed by atoms with Crippen LogP contribution in [-0.2, 0) is 18.9 Å². The van der Waals surface area contributed by atoms with Crippen LogP contribution in [0.5, 0.6) is 0 Å². The lowest BCUT2D eigenvalue weighted by atomic mass is 9.92. The SMILES string of the molecule is B[C@@H]1OCC(OC)[C@@H]1OC(C)(C)C(C)OC. The first-order valence-corrected chi connectivity index (χ1v) is 5.77. The van der Waals surface area contributed by atoms with Gasteiger partial charge in [-0.15, -0.1) is 0 Å². The fraction of sp³-hybridized carbons (Fsp3) is 1.00. The van der Waals surface area contributed by atoms with Gasteiger partial charge in [-0.05, 0) is 20.8 Å². The molecule has 0 aromatic heterocycles. The summed E-state index contributed by atoms with van der Waals surface area (Å²) in [4.78, 5) is 0. The molecule has 0 spiro atoms. The second-order valence-electron chi connectivity index (χ2n) is 4.88. The molecule has 0 aromatic rings. The maximum Gasteiger partial charge on any atom is 0.142 e. The van der Waals surface area contributed by atoms with Gasteiger partial charge in [0.05, 0.1) is 24.3 Å². The van der Waals surface area contributed by atoms with Gasteiger partial charge in [-0.2, -0.15) is 0 Å². The number of hydrogen-bond acceptors (Lipinski definition) is 4. The maximum atomic E-state index is 6.09. The van der Waals surface area contributed by atoms with Crippen LogP contribution < -0.4 is 0 Å². The van der Waals surface area contributed by atoms with Gasteiger partial charge >= 0.3 is 0 Å². The van der Waals surface area contributed by atoms with Crippen LogP contribution in [0.4, 0.5) is 0 Å². The van der Waals surface area contributed by atoms with E-state index in [1.807, 2.05) is 28.6 Å². The van der Waals surface area contributed by atoms with Gasteiger partial charge in [-0.1, -0.05) is 0 Å². The monoisotopic (exact) mass is 230 g/mol. The zero-order valence-corrected chi connectivity index (χ0v) is 11.1. The van der Waals surface area contributed by atoms with E-state index in [0.717, 1.165) is 0 Å². The lowest BCUT2D eigenvalue weighted by Crippen LogP contribution is -2.47. The molecule has 1 aliphatic heterocycles. The molecule has 1 heterocycles. The number of rotatable bonds is 5. The van der Waals surface area contributed by atoms with E-state index in [4.69, 9.17) is 18.9 Å². The molecule has 4 nitrogen and oxygen atoms in total. The Morgan fingerprint density at radius 2 is 2.00 bits per heavy atom. The van der Waals surface area contributed by atoms with Crippen LogP contribution in [0.25, 0.3) is 0 Å². The van der Waals surface area contributed by atoms with Crippen LogP contribution in [0, 0.1) is 0 Å². The van der Waals surface area contributed by atoms with Gasteiger partial charge < -0.3 is 18.9 Å². The van der Waals surface area contributed by atoms with Gasteiger partial charge in [0.15, 0.2) is 0 Å². The molecule has 0 radical (unpaired) electrons. The predicted molar refractivity (Wildman–Crippen MR) is 64.5 cm³/mol. The molecular formula is C11H23BO4. The molecule has 4 atom stereocenters. The van der Waals surface area contributed by atoms with Crippen molar-refractivity contribution < 1.29 is 18.9 Å². The van der Waals surface area contributed by atoms with Crippen molar-refractivity contribution in [2.45, 2.75) is 50.7 Å². The van der Waals surface area contributed by atoms with Gasteiger partial charge in [0, 0.05) is 14.2 Å². The zero-order chi connectivity index (χ0) is 12.3. The molecule has 0 aromatic carbocycles. The van der Waals surface area contributed by atoms with Crippen LogP contribution in [0.1, 0.15) is 20.8 Å². The fourth-order valence-electron chi connectivity index (χ4n) is 1.84. The minimum absolute atomic E-state index is 0.0123. The number of methoxy groups -OCH3 is 2. The molecule has 0 aliphatic carbocycles. The molecule has 1 rings (SSSR count). The van der Waals surface area contributed by atoms with E-state index in [1.165, 1.54) is 0 Å². The van der Waals surface area contributed by atoms with Crippen molar-refractivity contribution >= 4 is 7.85 Å². The Morgan fingerprint density at radius 3 is 2.50 bits per heavy atom. The highest BCUT2D eigenvalue weighted by atomic mass is 16.6. The van der Waals surface area contributed by atoms with Crippen molar-refractivity contribution in [2.75, 3.05) is 20.8 Å². The van der Waals surface area contributed by atoms with Gasteiger partial charge in [-0.3, -0.25) is 0 Å². The predicted octanol–water partition coefficient (Wildman–Crippen LogP) is 0.190. The highest BCUT2D eigenvalue weighted by Crippen LogP contribution is 2.26. The van der Waals surface area contributed by atoms with Crippen LogP contribution in [0.2, 0.25) is 0 Å². The molecular weight excluding hydrogens is 207 g/mol. The van der Waals surface area contributed by atoms with Gasteiger partial charge in [0.1, 0.15) is 20.1 Å². The van der Waals surface area contributed by atoms with Crippen LogP contribution in [0.15, 0.2) is 0 Å². The molecule has 94 valence electrons. The summed E-state index contributed by atoms with van der Waals surface area (Å²) in [6.45, 7) is 6.65. The third-order valence-electron chi connectivity index (χ3n) is 3.43. The summed E-state index contributed by atoms with van der Waals surface area (Å²) in [5.74, 6) is 0. The molecule has 1 fully saturated rings. The average molecular weight is 230 g/mol. The second kappa shape index (κ2) is 5.49. The van der Waals surface area contributed by atoms with Crippen molar-refractivity contribution in [3.8, 4) is 0 Å². The Kier molecular flexibility index (Phi) is 4.80. The largest absolute Gasteiger partial charge is 0.382 e. The van der Waals surface area contributed by atoms with E-state index in [-0.39, 0.29) is 29.9 Å².